The molecule has 5 N–H and O–H groups in total. The largest absolute Gasteiger partial charge is 0.508 e. The monoisotopic (exact) mass is 534 g/mol. The second-order valence-corrected chi connectivity index (χ2v) is 11.2. The number of primary amides is 1. The minimum Gasteiger partial charge on any atom is -0.508 e. The SMILES string of the molecule is CCCC(C)NC(=O)C(c1ccccc1O)N(C(=O)C(CCC(N)=O)NC(=O)OC(C)(C)C)C(C)(C)CC. The van der Waals surface area contributed by atoms with E-state index in [1.165, 1.54) is 11.0 Å². The number of nitrogens with zero attached hydrogens (tertiary/aromatic N) is 1. The van der Waals surface area contributed by atoms with Crippen LogP contribution in [0.1, 0.15) is 99.1 Å². The third kappa shape index (κ3) is 9.87. The van der Waals surface area contributed by atoms with Crippen LogP contribution in [-0.2, 0) is 19.1 Å². The number of amides is 4. The maximum Gasteiger partial charge on any atom is 0.408 e. The number of hydrogen-bond acceptors (Lipinski definition) is 6. The summed E-state index contributed by atoms with van der Waals surface area (Å²) in [7, 11) is 0. The van der Waals surface area contributed by atoms with Crippen LogP contribution in [0.3, 0.4) is 0 Å². The Labute approximate surface area is 226 Å². The van der Waals surface area contributed by atoms with Gasteiger partial charge >= 0.3 is 6.09 Å². The van der Waals surface area contributed by atoms with Gasteiger partial charge in [-0.3, -0.25) is 14.4 Å². The van der Waals surface area contributed by atoms with Crippen LogP contribution in [-0.4, -0.2) is 57.0 Å². The molecule has 0 aromatic heterocycles. The first-order valence-electron chi connectivity index (χ1n) is 13.2. The smallest absolute Gasteiger partial charge is 0.408 e. The summed E-state index contributed by atoms with van der Waals surface area (Å²) in [5.41, 5.74) is 3.89. The summed E-state index contributed by atoms with van der Waals surface area (Å²) in [6.45, 7) is 14.4. The van der Waals surface area contributed by atoms with E-state index in [0.717, 1.165) is 12.8 Å². The van der Waals surface area contributed by atoms with E-state index < -0.39 is 47.0 Å². The normalized spacial score (nSPS) is 14.1. The summed E-state index contributed by atoms with van der Waals surface area (Å²) >= 11 is 0. The van der Waals surface area contributed by atoms with E-state index in [-0.39, 0.29) is 30.2 Å². The first-order valence-corrected chi connectivity index (χ1v) is 13.2. The van der Waals surface area contributed by atoms with Gasteiger partial charge < -0.3 is 31.1 Å². The van der Waals surface area contributed by atoms with Gasteiger partial charge in [-0.25, -0.2) is 4.79 Å². The zero-order valence-electron chi connectivity index (χ0n) is 24.1. The second kappa shape index (κ2) is 14.0. The number of aromatic hydroxyl groups is 1. The van der Waals surface area contributed by atoms with E-state index in [4.69, 9.17) is 10.5 Å². The number of rotatable bonds is 13. The zero-order chi connectivity index (χ0) is 29.3. The Morgan fingerprint density at radius 1 is 1.03 bits per heavy atom. The molecule has 0 saturated carbocycles. The third-order valence-corrected chi connectivity index (χ3v) is 6.27. The molecule has 10 nitrogen and oxygen atoms in total. The lowest BCUT2D eigenvalue weighted by atomic mass is 9.91. The zero-order valence-corrected chi connectivity index (χ0v) is 24.1. The Bertz CT molecular complexity index is 972. The lowest BCUT2D eigenvalue weighted by molar-refractivity contribution is -0.149. The van der Waals surface area contributed by atoms with Crippen LogP contribution in [0.25, 0.3) is 0 Å². The van der Waals surface area contributed by atoms with Crippen LogP contribution < -0.4 is 16.4 Å². The fourth-order valence-corrected chi connectivity index (χ4v) is 4.05. The van der Waals surface area contributed by atoms with Crippen molar-refractivity contribution in [1.82, 2.24) is 15.5 Å². The van der Waals surface area contributed by atoms with Gasteiger partial charge in [-0.1, -0.05) is 38.5 Å². The fourth-order valence-electron chi connectivity index (χ4n) is 4.05. The lowest BCUT2D eigenvalue weighted by Crippen LogP contribution is -2.59. The van der Waals surface area contributed by atoms with E-state index in [2.05, 4.69) is 10.6 Å². The molecule has 1 aromatic carbocycles. The van der Waals surface area contributed by atoms with Gasteiger partial charge in [0.25, 0.3) is 0 Å². The summed E-state index contributed by atoms with van der Waals surface area (Å²) in [6.07, 6.45) is 0.926. The van der Waals surface area contributed by atoms with Crippen LogP contribution in [0, 0.1) is 0 Å². The van der Waals surface area contributed by atoms with Gasteiger partial charge in [0.15, 0.2) is 0 Å². The molecule has 3 atom stereocenters. The predicted molar refractivity (Wildman–Crippen MR) is 146 cm³/mol. The molecule has 4 amide bonds. The highest BCUT2D eigenvalue weighted by atomic mass is 16.6. The highest BCUT2D eigenvalue weighted by Gasteiger charge is 2.44. The van der Waals surface area contributed by atoms with Gasteiger partial charge in [0.05, 0.1) is 0 Å². The highest BCUT2D eigenvalue weighted by molar-refractivity contribution is 5.93. The Kier molecular flexibility index (Phi) is 12.1. The van der Waals surface area contributed by atoms with Crippen molar-refractivity contribution in [2.75, 3.05) is 0 Å². The molecule has 0 aliphatic heterocycles. The van der Waals surface area contributed by atoms with Crippen molar-refractivity contribution < 1.29 is 29.0 Å². The van der Waals surface area contributed by atoms with Gasteiger partial charge in [0.1, 0.15) is 23.4 Å². The molecule has 0 fully saturated rings. The number of phenolic OH excluding ortho intramolecular Hbond substituents is 1. The molecule has 10 heteroatoms. The average Bonchev–Trinajstić information content (AvgIpc) is 2.79. The minimum absolute atomic E-state index is 0.0922. The predicted octanol–water partition coefficient (Wildman–Crippen LogP) is 3.91. The molecule has 0 aliphatic rings. The van der Waals surface area contributed by atoms with Crippen molar-refractivity contribution in [2.24, 2.45) is 5.73 Å². The Morgan fingerprint density at radius 3 is 2.13 bits per heavy atom. The lowest BCUT2D eigenvalue weighted by Gasteiger charge is -2.45. The summed E-state index contributed by atoms with van der Waals surface area (Å²) in [5, 5.41) is 16.3. The molecule has 0 spiro atoms. The summed E-state index contributed by atoms with van der Waals surface area (Å²) < 4.78 is 5.35. The quantitative estimate of drug-likeness (QED) is 0.301. The fraction of sp³-hybridized carbons (Fsp3) is 0.643. The standard InChI is InChI=1S/C28H46N4O6/c1-9-13-18(3)30-24(35)23(19-14-11-12-15-21(19)33)32(28(7,8)10-2)25(36)20(16-17-22(29)34)31-26(37)38-27(4,5)6/h11-12,14-15,18,20,23,33H,9-10,13,16-17H2,1-8H3,(H2,29,34)(H,30,35)(H,31,37). The van der Waals surface area contributed by atoms with Crippen LogP contribution in [0.2, 0.25) is 0 Å². The molecule has 0 aliphatic carbocycles. The average molecular weight is 535 g/mol. The Hall–Kier alpha value is -3.30. The van der Waals surface area contributed by atoms with Gasteiger partial charge in [-0.05, 0) is 66.9 Å². The van der Waals surface area contributed by atoms with Crippen LogP contribution >= 0.6 is 0 Å². The molecule has 214 valence electrons. The van der Waals surface area contributed by atoms with Gasteiger partial charge in [-0.2, -0.15) is 0 Å². The number of carbonyl (C=O) groups is 4. The molecule has 0 radical (unpaired) electrons. The van der Waals surface area contributed by atoms with Gasteiger partial charge in [0, 0.05) is 23.6 Å². The molecule has 0 heterocycles. The number of para-hydroxylation sites is 1. The Morgan fingerprint density at radius 2 is 1.63 bits per heavy atom. The number of benzene rings is 1. The van der Waals surface area contributed by atoms with Crippen LogP contribution in [0.4, 0.5) is 4.79 Å². The molecule has 1 rings (SSSR count). The van der Waals surface area contributed by atoms with E-state index in [0.29, 0.717) is 6.42 Å². The molecule has 3 unspecified atom stereocenters. The summed E-state index contributed by atoms with van der Waals surface area (Å²) in [4.78, 5) is 53.7. The third-order valence-electron chi connectivity index (χ3n) is 6.27. The number of alkyl carbamates (subject to hydrolysis) is 1. The second-order valence-electron chi connectivity index (χ2n) is 11.2. The van der Waals surface area contributed by atoms with Gasteiger partial charge in [-0.15, -0.1) is 0 Å². The van der Waals surface area contributed by atoms with E-state index in [1.807, 2.05) is 20.8 Å². The minimum atomic E-state index is -1.21. The Balaban J connectivity index is 3.67. The number of ether oxygens (including phenoxy) is 1. The topological polar surface area (TPSA) is 151 Å². The van der Waals surface area contributed by atoms with E-state index in [9.17, 15) is 24.3 Å². The van der Waals surface area contributed by atoms with Gasteiger partial charge in [0.2, 0.25) is 17.7 Å². The number of nitrogens with one attached hydrogen (secondary N) is 2. The van der Waals surface area contributed by atoms with Crippen LogP contribution in [0.5, 0.6) is 5.75 Å². The maximum absolute atomic E-state index is 14.2. The van der Waals surface area contributed by atoms with Crippen LogP contribution in [0.15, 0.2) is 24.3 Å². The molecular weight excluding hydrogens is 488 g/mol. The number of nitrogens with two attached hydrogens (primary N) is 1. The molecule has 38 heavy (non-hydrogen) atoms. The van der Waals surface area contributed by atoms with Crippen molar-refractivity contribution in [2.45, 2.75) is 117 Å². The first-order chi connectivity index (χ1) is 17.5. The maximum atomic E-state index is 14.2. The highest BCUT2D eigenvalue weighted by Crippen LogP contribution is 2.36. The van der Waals surface area contributed by atoms with Crippen molar-refractivity contribution in [3.05, 3.63) is 29.8 Å². The number of phenols is 1. The molecular formula is C28H46N4O6. The van der Waals surface area contributed by atoms with Crippen molar-refractivity contribution >= 4 is 23.8 Å². The van der Waals surface area contributed by atoms with Crippen molar-refractivity contribution in [3.63, 3.8) is 0 Å². The first kappa shape index (κ1) is 32.7. The summed E-state index contributed by atoms with van der Waals surface area (Å²) in [6, 6.07) is 3.76. The van der Waals surface area contributed by atoms with E-state index in [1.54, 1.807) is 52.8 Å². The van der Waals surface area contributed by atoms with E-state index >= 15 is 0 Å². The molecule has 1 aromatic rings. The van der Waals surface area contributed by atoms with Crippen molar-refractivity contribution in [3.8, 4) is 5.75 Å². The number of hydrogen-bond donors (Lipinski definition) is 4. The van der Waals surface area contributed by atoms with Crippen molar-refractivity contribution in [1.29, 1.82) is 0 Å². The molecule has 0 bridgehead atoms. The molecule has 0 saturated heterocycles. The summed E-state index contributed by atoms with van der Waals surface area (Å²) in [5.74, 6) is -1.85. The number of carbonyl (C=O) groups excluding carboxylic acids is 4.